The van der Waals surface area contributed by atoms with Crippen molar-refractivity contribution in [2.45, 2.75) is 37.5 Å². The van der Waals surface area contributed by atoms with Crippen molar-refractivity contribution in [1.82, 2.24) is 10.9 Å². The molecule has 0 fully saturated rings. The number of azide groups is 1. The van der Waals surface area contributed by atoms with Gasteiger partial charge < -0.3 is 14.6 Å². The molecule has 5 aromatic rings. The molecule has 10 nitrogen and oxygen atoms in total. The molecule has 52 heavy (non-hydrogen) atoms. The van der Waals surface area contributed by atoms with E-state index in [4.69, 9.17) is 25.1 Å². The van der Waals surface area contributed by atoms with Gasteiger partial charge in [0.05, 0.1) is 13.2 Å². The van der Waals surface area contributed by atoms with Crippen molar-refractivity contribution in [3.05, 3.63) is 170 Å². The second kappa shape index (κ2) is 17.7. The topological polar surface area (TPSA) is 141 Å². The molecule has 3 N–H and O–H groups in total. The maximum absolute atomic E-state index is 14.7. The number of ether oxygens (including phenoxy) is 2. The summed E-state index contributed by atoms with van der Waals surface area (Å²) in [6.45, 7) is 1.05. The van der Waals surface area contributed by atoms with E-state index in [0.717, 1.165) is 37.9 Å². The van der Waals surface area contributed by atoms with Crippen molar-refractivity contribution in [3.63, 3.8) is 0 Å². The Hall–Kier alpha value is -5.45. The molecule has 6 rings (SSSR count). The average molecular weight is 760 g/mol. The third kappa shape index (κ3) is 8.88. The van der Waals surface area contributed by atoms with Gasteiger partial charge in [0.25, 0.3) is 5.91 Å². The van der Waals surface area contributed by atoms with Crippen molar-refractivity contribution < 1.29 is 19.4 Å². The van der Waals surface area contributed by atoms with E-state index >= 15 is 0 Å². The zero-order chi connectivity index (χ0) is 36.2. The highest BCUT2D eigenvalue weighted by Gasteiger charge is 2.53. The van der Waals surface area contributed by atoms with Crippen LogP contribution in [-0.2, 0) is 28.9 Å². The monoisotopic (exact) mass is 758 g/mol. The Morgan fingerprint density at radius 3 is 2.27 bits per heavy atom. The lowest BCUT2D eigenvalue weighted by atomic mass is 9.80. The SMILES string of the molecule is [N-]=[N+]=NCc1ccccc1C[C@]1(C(=O)NNCCc2ccc(Br)cc2)N=C(c2ccc(OCCCO)cc2)O[C@H]1c1ccc(-c2ccccc2)cc1. The van der Waals surface area contributed by atoms with E-state index in [2.05, 4.69) is 48.9 Å². The first-order chi connectivity index (χ1) is 25.5. The summed E-state index contributed by atoms with van der Waals surface area (Å²) in [4.78, 5) is 22.8. The van der Waals surface area contributed by atoms with Crippen molar-refractivity contribution >= 4 is 27.7 Å². The van der Waals surface area contributed by atoms with Crippen molar-refractivity contribution in [3.8, 4) is 16.9 Å². The molecule has 0 bridgehead atoms. The van der Waals surface area contributed by atoms with E-state index in [1.165, 1.54) is 0 Å². The fourth-order valence-corrected chi connectivity index (χ4v) is 6.42. The standard InChI is InChI=1S/C41H39BrN6O4/c42-36-19-11-29(12-20-36)23-24-44-47-40(50)41(27-34-9-4-5-10-35(34)28-45-48-43)38(32-15-13-31(14-16-32)30-7-2-1-3-8-30)52-39(46-41)33-17-21-37(22-18-33)51-26-6-25-49/h1-5,7-22,38,44,49H,6,23-28H2,(H,47,50)/t38-,41-/m0/s1. The summed E-state index contributed by atoms with van der Waals surface area (Å²) in [5.74, 6) is 0.601. The summed E-state index contributed by atoms with van der Waals surface area (Å²) in [6, 6.07) is 41.1. The van der Waals surface area contributed by atoms with Gasteiger partial charge in [-0.1, -0.05) is 112 Å². The van der Waals surface area contributed by atoms with Gasteiger partial charge in [-0.05, 0) is 81.7 Å². The van der Waals surface area contributed by atoms with Gasteiger partial charge in [0.15, 0.2) is 11.6 Å². The van der Waals surface area contributed by atoms with Crippen molar-refractivity contribution in [1.29, 1.82) is 0 Å². The van der Waals surface area contributed by atoms with Crippen LogP contribution in [0.5, 0.6) is 5.75 Å². The van der Waals surface area contributed by atoms with E-state index in [9.17, 15) is 4.79 Å². The van der Waals surface area contributed by atoms with Crippen LogP contribution in [0.4, 0.5) is 0 Å². The van der Waals surface area contributed by atoms with E-state index in [1.807, 2.05) is 115 Å². The summed E-state index contributed by atoms with van der Waals surface area (Å²) in [5.41, 5.74) is 20.1. The largest absolute Gasteiger partial charge is 0.494 e. The number of amides is 1. The Morgan fingerprint density at radius 1 is 0.885 bits per heavy atom. The van der Waals surface area contributed by atoms with Crippen molar-refractivity contribution in [2.24, 2.45) is 10.1 Å². The zero-order valence-corrected chi connectivity index (χ0v) is 30.1. The highest BCUT2D eigenvalue weighted by atomic mass is 79.9. The fraction of sp³-hybridized carbons (Fsp3) is 0.220. The smallest absolute Gasteiger partial charge is 0.266 e. The van der Waals surface area contributed by atoms with Gasteiger partial charge in [-0.2, -0.15) is 0 Å². The van der Waals surface area contributed by atoms with Crippen LogP contribution in [0.3, 0.4) is 0 Å². The summed E-state index contributed by atoms with van der Waals surface area (Å²) in [7, 11) is 0. The first-order valence-electron chi connectivity index (χ1n) is 17.1. The Kier molecular flexibility index (Phi) is 12.3. The van der Waals surface area contributed by atoms with Crippen molar-refractivity contribution in [2.75, 3.05) is 19.8 Å². The first kappa shape index (κ1) is 36.3. The Labute approximate surface area is 311 Å². The van der Waals surface area contributed by atoms with Crippen LogP contribution in [0.1, 0.15) is 40.3 Å². The van der Waals surface area contributed by atoms with Crippen LogP contribution in [0.15, 0.2) is 142 Å². The minimum absolute atomic E-state index is 0.0473. The fourth-order valence-electron chi connectivity index (χ4n) is 6.15. The molecule has 1 aliphatic heterocycles. The first-order valence-corrected chi connectivity index (χ1v) is 17.9. The molecular weight excluding hydrogens is 720 g/mol. The molecule has 0 saturated heterocycles. The molecular formula is C41H39BrN6O4. The Morgan fingerprint density at radius 2 is 1.56 bits per heavy atom. The molecule has 1 aliphatic rings. The molecule has 264 valence electrons. The summed E-state index contributed by atoms with van der Waals surface area (Å²) in [5, 5.41) is 13.0. The van der Waals surface area contributed by atoms with Crippen LogP contribution in [0.25, 0.3) is 21.6 Å². The van der Waals surface area contributed by atoms with Gasteiger partial charge in [0.2, 0.25) is 5.90 Å². The molecule has 0 spiro atoms. The summed E-state index contributed by atoms with van der Waals surface area (Å²) >= 11 is 3.48. The predicted molar refractivity (Wildman–Crippen MR) is 206 cm³/mol. The Balaban J connectivity index is 1.38. The number of aliphatic hydroxyl groups is 1. The number of hydrogen-bond donors (Lipinski definition) is 3. The summed E-state index contributed by atoms with van der Waals surface area (Å²) in [6.07, 6.45) is 0.575. The lowest BCUT2D eigenvalue weighted by Crippen LogP contribution is -2.54. The molecule has 5 aromatic carbocycles. The highest BCUT2D eigenvalue weighted by molar-refractivity contribution is 9.10. The number of carbonyl (C=O) groups excluding carboxylic acids is 1. The zero-order valence-electron chi connectivity index (χ0n) is 28.5. The summed E-state index contributed by atoms with van der Waals surface area (Å²) < 4.78 is 13.5. The maximum Gasteiger partial charge on any atom is 0.266 e. The number of rotatable bonds is 16. The molecule has 11 heteroatoms. The minimum Gasteiger partial charge on any atom is -0.494 e. The maximum atomic E-state index is 14.7. The predicted octanol–water partition coefficient (Wildman–Crippen LogP) is 8.05. The number of carbonyl (C=O) groups is 1. The van der Waals surface area contributed by atoms with E-state index < -0.39 is 11.6 Å². The minimum atomic E-state index is -1.46. The average Bonchev–Trinajstić information content (AvgIpc) is 3.58. The van der Waals surface area contributed by atoms with E-state index in [1.54, 1.807) is 0 Å². The highest BCUT2D eigenvalue weighted by Crippen LogP contribution is 2.43. The number of nitrogens with zero attached hydrogens (tertiary/aromatic N) is 4. The molecule has 2 atom stereocenters. The molecule has 0 aromatic heterocycles. The van der Waals surface area contributed by atoms with Crippen LogP contribution in [-0.4, -0.2) is 42.2 Å². The van der Waals surface area contributed by atoms with Gasteiger partial charge in [0.1, 0.15) is 5.75 Å². The van der Waals surface area contributed by atoms with Crippen LogP contribution < -0.4 is 15.6 Å². The molecule has 0 saturated carbocycles. The molecule has 0 radical (unpaired) electrons. The lowest BCUT2D eigenvalue weighted by molar-refractivity contribution is -0.130. The quantitative estimate of drug-likeness (QED) is 0.0307. The Bertz CT molecular complexity index is 2020. The van der Waals surface area contributed by atoms with E-state index in [-0.39, 0.29) is 25.5 Å². The van der Waals surface area contributed by atoms with E-state index in [0.29, 0.717) is 43.2 Å². The van der Waals surface area contributed by atoms with Crippen LogP contribution >= 0.6 is 15.9 Å². The number of nitrogens with one attached hydrogen (secondary N) is 2. The molecule has 0 unspecified atom stereocenters. The third-order valence-corrected chi connectivity index (χ3v) is 9.42. The normalized spacial score (nSPS) is 16.3. The second-order valence-corrected chi connectivity index (χ2v) is 13.3. The van der Waals surface area contributed by atoms with Gasteiger partial charge in [-0.15, -0.1) is 0 Å². The van der Waals surface area contributed by atoms with Gasteiger partial charge >= 0.3 is 0 Å². The number of hydrogen-bond acceptors (Lipinski definition) is 7. The van der Waals surface area contributed by atoms with Gasteiger partial charge in [-0.3, -0.25) is 10.2 Å². The van der Waals surface area contributed by atoms with Gasteiger partial charge in [-0.25, -0.2) is 10.4 Å². The number of benzene rings is 5. The third-order valence-electron chi connectivity index (χ3n) is 8.89. The number of aliphatic imine (C=N–C) groups is 1. The number of hydrazine groups is 1. The van der Waals surface area contributed by atoms with Crippen LogP contribution in [0.2, 0.25) is 0 Å². The molecule has 0 aliphatic carbocycles. The van der Waals surface area contributed by atoms with Gasteiger partial charge in [0, 0.05) is 40.9 Å². The second-order valence-electron chi connectivity index (χ2n) is 12.4. The number of halogens is 1. The molecule has 1 heterocycles. The lowest BCUT2D eigenvalue weighted by Gasteiger charge is -2.31. The number of aliphatic hydroxyl groups excluding tert-OH is 1. The van der Waals surface area contributed by atoms with Crippen LogP contribution in [0, 0.1) is 0 Å². The molecule has 1 amide bonds.